The molecule has 2 N–H and O–H groups in total. The molecular weight excluding hydrogens is 250 g/mol. The fraction of sp³-hybridized carbons (Fsp3) is 0.647. The minimum Gasteiger partial charge on any atom is -0.491 e. The average Bonchev–Trinajstić information content (AvgIpc) is 2.71. The summed E-state index contributed by atoms with van der Waals surface area (Å²) in [6.45, 7) is 3.01. The number of aliphatic hydroxyl groups excluding tert-OH is 1. The van der Waals surface area contributed by atoms with Crippen molar-refractivity contribution in [1.82, 2.24) is 5.32 Å². The van der Waals surface area contributed by atoms with Gasteiger partial charge in [-0.3, -0.25) is 0 Å². The molecule has 0 aromatic heterocycles. The third kappa shape index (κ3) is 5.51. The van der Waals surface area contributed by atoms with Crippen molar-refractivity contribution < 1.29 is 9.84 Å². The van der Waals surface area contributed by atoms with Crippen molar-refractivity contribution in [3.63, 3.8) is 0 Å². The number of nitrogens with one attached hydrogen (secondary N) is 1. The third-order valence-corrected chi connectivity index (χ3v) is 3.93. The van der Waals surface area contributed by atoms with Crippen molar-refractivity contribution in [2.45, 2.75) is 57.6 Å². The minimum atomic E-state index is -0.446. The molecular formula is C17H27NO2. The second-order valence-corrected chi connectivity index (χ2v) is 5.88. The zero-order chi connectivity index (χ0) is 14.2. The Bertz CT molecular complexity index is 386. The van der Waals surface area contributed by atoms with E-state index in [0.717, 1.165) is 5.75 Å². The van der Waals surface area contributed by atoms with E-state index in [1.54, 1.807) is 0 Å². The maximum Gasteiger partial charge on any atom is 0.119 e. The summed E-state index contributed by atoms with van der Waals surface area (Å²) >= 11 is 0. The van der Waals surface area contributed by atoms with Crippen molar-refractivity contribution >= 4 is 0 Å². The van der Waals surface area contributed by atoms with Crippen molar-refractivity contribution in [2.24, 2.45) is 0 Å². The largest absolute Gasteiger partial charge is 0.491 e. The van der Waals surface area contributed by atoms with E-state index >= 15 is 0 Å². The van der Waals surface area contributed by atoms with Gasteiger partial charge in [-0.1, -0.05) is 37.8 Å². The van der Waals surface area contributed by atoms with E-state index in [4.69, 9.17) is 4.74 Å². The summed E-state index contributed by atoms with van der Waals surface area (Å²) in [4.78, 5) is 0. The van der Waals surface area contributed by atoms with Gasteiger partial charge in [0.05, 0.1) is 0 Å². The molecule has 1 unspecified atom stereocenters. The van der Waals surface area contributed by atoms with Crippen LogP contribution in [0.4, 0.5) is 0 Å². The molecule has 0 saturated heterocycles. The molecule has 3 nitrogen and oxygen atoms in total. The summed E-state index contributed by atoms with van der Waals surface area (Å²) in [6, 6.07) is 8.51. The Balaban J connectivity index is 1.65. The Labute approximate surface area is 122 Å². The molecule has 3 heteroatoms. The van der Waals surface area contributed by atoms with Crippen LogP contribution in [0, 0.1) is 6.92 Å². The van der Waals surface area contributed by atoms with Crippen LogP contribution >= 0.6 is 0 Å². The highest BCUT2D eigenvalue weighted by molar-refractivity contribution is 5.27. The highest BCUT2D eigenvalue weighted by Gasteiger charge is 2.13. The van der Waals surface area contributed by atoms with Crippen molar-refractivity contribution in [3.05, 3.63) is 29.8 Å². The van der Waals surface area contributed by atoms with Crippen LogP contribution in [0.25, 0.3) is 0 Å². The molecule has 0 bridgehead atoms. The minimum absolute atomic E-state index is 0.350. The Kier molecular flexibility index (Phi) is 6.34. The van der Waals surface area contributed by atoms with Crippen molar-refractivity contribution in [1.29, 1.82) is 0 Å². The molecule has 112 valence electrons. The van der Waals surface area contributed by atoms with E-state index in [9.17, 15) is 5.11 Å². The normalized spacial score (nSPS) is 18.5. The monoisotopic (exact) mass is 277 g/mol. The van der Waals surface area contributed by atoms with Gasteiger partial charge < -0.3 is 15.2 Å². The maximum absolute atomic E-state index is 9.99. The van der Waals surface area contributed by atoms with Crippen molar-refractivity contribution in [2.75, 3.05) is 13.2 Å². The molecule has 1 saturated carbocycles. The van der Waals surface area contributed by atoms with Crippen LogP contribution in [0.15, 0.2) is 24.3 Å². The first kappa shape index (κ1) is 15.3. The van der Waals surface area contributed by atoms with Crippen LogP contribution in [-0.2, 0) is 0 Å². The highest BCUT2D eigenvalue weighted by atomic mass is 16.5. The lowest BCUT2D eigenvalue weighted by Gasteiger charge is -2.19. The Morgan fingerprint density at radius 3 is 2.70 bits per heavy atom. The fourth-order valence-electron chi connectivity index (χ4n) is 2.74. The first-order chi connectivity index (χ1) is 9.74. The number of ether oxygens (including phenoxy) is 1. The smallest absolute Gasteiger partial charge is 0.119 e. The SMILES string of the molecule is Cc1cccc(OCC(O)CNC2CCCCCC2)c1. The quantitative estimate of drug-likeness (QED) is 0.785. The van der Waals surface area contributed by atoms with Crippen LogP contribution in [0.3, 0.4) is 0 Å². The van der Waals surface area contributed by atoms with Gasteiger partial charge in [-0.25, -0.2) is 0 Å². The molecule has 1 fully saturated rings. The number of hydrogen-bond donors (Lipinski definition) is 2. The van der Waals surface area contributed by atoms with Crippen molar-refractivity contribution in [3.8, 4) is 5.75 Å². The molecule has 0 aliphatic heterocycles. The predicted molar refractivity (Wildman–Crippen MR) is 82.2 cm³/mol. The zero-order valence-electron chi connectivity index (χ0n) is 12.5. The van der Waals surface area contributed by atoms with Crippen LogP contribution in [-0.4, -0.2) is 30.4 Å². The summed E-state index contributed by atoms with van der Waals surface area (Å²) < 4.78 is 5.62. The lowest BCUT2D eigenvalue weighted by molar-refractivity contribution is 0.103. The highest BCUT2D eigenvalue weighted by Crippen LogP contribution is 2.17. The Morgan fingerprint density at radius 2 is 2.00 bits per heavy atom. The predicted octanol–water partition coefficient (Wildman–Crippen LogP) is 3.05. The second-order valence-electron chi connectivity index (χ2n) is 5.88. The molecule has 0 spiro atoms. The summed E-state index contributed by atoms with van der Waals surface area (Å²) in [5.41, 5.74) is 1.17. The summed E-state index contributed by atoms with van der Waals surface area (Å²) in [5, 5.41) is 13.5. The standard InChI is InChI=1S/C17H27NO2/c1-14-7-6-10-17(11-14)20-13-16(19)12-18-15-8-4-2-3-5-9-15/h6-7,10-11,15-16,18-19H,2-5,8-9,12-13H2,1H3. The number of rotatable bonds is 6. The van der Waals surface area contributed by atoms with E-state index in [1.165, 1.54) is 44.1 Å². The number of aliphatic hydroxyl groups is 1. The van der Waals surface area contributed by atoms with E-state index in [1.807, 2.05) is 31.2 Å². The van der Waals surface area contributed by atoms with Gasteiger partial charge in [-0.15, -0.1) is 0 Å². The molecule has 1 aromatic rings. The van der Waals surface area contributed by atoms with Crippen LogP contribution in [0.5, 0.6) is 5.75 Å². The van der Waals surface area contributed by atoms with Gasteiger partial charge in [0.1, 0.15) is 18.5 Å². The number of hydrogen-bond acceptors (Lipinski definition) is 3. The second kappa shape index (κ2) is 8.28. The molecule has 1 atom stereocenters. The molecule has 0 amide bonds. The van der Waals surface area contributed by atoms with E-state index < -0.39 is 6.10 Å². The Hall–Kier alpha value is -1.06. The third-order valence-electron chi connectivity index (χ3n) is 3.93. The molecule has 1 aliphatic carbocycles. The Morgan fingerprint density at radius 1 is 1.25 bits per heavy atom. The lowest BCUT2D eigenvalue weighted by atomic mass is 10.1. The first-order valence-electron chi connectivity index (χ1n) is 7.85. The van der Waals surface area contributed by atoms with Crippen LogP contribution < -0.4 is 10.1 Å². The first-order valence-corrected chi connectivity index (χ1v) is 7.85. The topological polar surface area (TPSA) is 41.5 Å². The van der Waals surface area contributed by atoms with Gasteiger partial charge >= 0.3 is 0 Å². The van der Waals surface area contributed by atoms with Gasteiger partial charge in [0, 0.05) is 12.6 Å². The molecule has 2 rings (SSSR count). The number of benzene rings is 1. The van der Waals surface area contributed by atoms with Gasteiger partial charge in [0.2, 0.25) is 0 Å². The van der Waals surface area contributed by atoms with Crippen LogP contribution in [0.1, 0.15) is 44.1 Å². The number of aryl methyl sites for hydroxylation is 1. The van der Waals surface area contributed by atoms with E-state index in [-0.39, 0.29) is 0 Å². The maximum atomic E-state index is 9.99. The molecule has 1 aromatic carbocycles. The summed E-state index contributed by atoms with van der Waals surface area (Å²) in [7, 11) is 0. The summed E-state index contributed by atoms with van der Waals surface area (Å²) in [6.07, 6.45) is 7.38. The molecule has 0 radical (unpaired) electrons. The average molecular weight is 277 g/mol. The zero-order valence-corrected chi connectivity index (χ0v) is 12.5. The fourth-order valence-corrected chi connectivity index (χ4v) is 2.74. The van der Waals surface area contributed by atoms with E-state index in [2.05, 4.69) is 5.32 Å². The molecule has 0 heterocycles. The van der Waals surface area contributed by atoms with Crippen LogP contribution in [0.2, 0.25) is 0 Å². The van der Waals surface area contributed by atoms with Gasteiger partial charge in [0.15, 0.2) is 0 Å². The lowest BCUT2D eigenvalue weighted by Crippen LogP contribution is -2.37. The molecule has 1 aliphatic rings. The summed E-state index contributed by atoms with van der Waals surface area (Å²) in [5.74, 6) is 0.832. The van der Waals surface area contributed by atoms with E-state index in [0.29, 0.717) is 19.2 Å². The van der Waals surface area contributed by atoms with Gasteiger partial charge in [-0.2, -0.15) is 0 Å². The van der Waals surface area contributed by atoms with Gasteiger partial charge in [0.25, 0.3) is 0 Å². The molecule has 20 heavy (non-hydrogen) atoms. The van der Waals surface area contributed by atoms with Gasteiger partial charge in [-0.05, 0) is 37.5 Å².